The van der Waals surface area contributed by atoms with Gasteiger partial charge in [-0.05, 0) is 24.6 Å². The minimum absolute atomic E-state index is 0.00844. The SMILES string of the molecule is CC1COCCN1S(=O)(=O)Cc1ccc(Cl)cc1. The molecule has 1 heterocycles. The maximum atomic E-state index is 12.3. The zero-order valence-electron chi connectivity index (χ0n) is 10.2. The van der Waals surface area contributed by atoms with Crippen molar-refractivity contribution in [1.82, 2.24) is 4.31 Å². The second-order valence-electron chi connectivity index (χ2n) is 4.42. The number of hydrogen-bond donors (Lipinski definition) is 0. The van der Waals surface area contributed by atoms with Crippen LogP contribution in [0, 0.1) is 0 Å². The van der Waals surface area contributed by atoms with Crippen molar-refractivity contribution in [2.24, 2.45) is 0 Å². The average Bonchev–Trinajstić information content (AvgIpc) is 2.32. The number of benzene rings is 1. The first-order chi connectivity index (χ1) is 8.49. The topological polar surface area (TPSA) is 46.6 Å². The van der Waals surface area contributed by atoms with Crippen LogP contribution in [0.1, 0.15) is 12.5 Å². The largest absolute Gasteiger partial charge is 0.378 e. The molecular weight excluding hydrogens is 274 g/mol. The summed E-state index contributed by atoms with van der Waals surface area (Å²) in [6.07, 6.45) is 0. The average molecular weight is 290 g/mol. The van der Waals surface area contributed by atoms with Crippen molar-refractivity contribution in [3.05, 3.63) is 34.9 Å². The van der Waals surface area contributed by atoms with Crippen LogP contribution in [0.25, 0.3) is 0 Å². The van der Waals surface area contributed by atoms with Crippen molar-refractivity contribution >= 4 is 21.6 Å². The number of hydrogen-bond acceptors (Lipinski definition) is 3. The van der Waals surface area contributed by atoms with Crippen LogP contribution >= 0.6 is 11.6 Å². The Balaban J connectivity index is 2.13. The zero-order valence-corrected chi connectivity index (χ0v) is 11.7. The maximum absolute atomic E-state index is 12.3. The Morgan fingerprint density at radius 2 is 2.06 bits per heavy atom. The molecule has 1 aromatic carbocycles. The molecule has 1 unspecified atom stereocenters. The zero-order chi connectivity index (χ0) is 13.2. The third-order valence-electron chi connectivity index (χ3n) is 2.93. The Hall–Kier alpha value is -0.620. The molecule has 1 aromatic rings. The summed E-state index contributed by atoms with van der Waals surface area (Å²) < 4.78 is 31.3. The highest BCUT2D eigenvalue weighted by atomic mass is 35.5. The van der Waals surface area contributed by atoms with Gasteiger partial charge in [0.15, 0.2) is 0 Å². The smallest absolute Gasteiger partial charge is 0.218 e. The monoisotopic (exact) mass is 289 g/mol. The van der Waals surface area contributed by atoms with Crippen LogP contribution in [0.15, 0.2) is 24.3 Å². The molecule has 6 heteroatoms. The Kier molecular flexibility index (Phi) is 4.27. The van der Waals surface area contributed by atoms with Crippen LogP contribution in [0.3, 0.4) is 0 Å². The van der Waals surface area contributed by atoms with E-state index in [0.717, 1.165) is 5.56 Å². The van der Waals surface area contributed by atoms with E-state index in [1.807, 2.05) is 6.92 Å². The number of sulfonamides is 1. The molecular formula is C12H16ClNO3S. The van der Waals surface area contributed by atoms with Crippen molar-refractivity contribution < 1.29 is 13.2 Å². The third kappa shape index (κ3) is 3.23. The minimum atomic E-state index is -3.29. The summed E-state index contributed by atoms with van der Waals surface area (Å²) in [6.45, 7) is 3.21. The fraction of sp³-hybridized carbons (Fsp3) is 0.500. The predicted molar refractivity (Wildman–Crippen MR) is 71.1 cm³/mol. The first-order valence-corrected chi connectivity index (χ1v) is 7.79. The lowest BCUT2D eigenvalue weighted by molar-refractivity contribution is 0.0392. The van der Waals surface area contributed by atoms with Gasteiger partial charge in [0, 0.05) is 17.6 Å². The van der Waals surface area contributed by atoms with E-state index in [9.17, 15) is 8.42 Å². The van der Waals surface area contributed by atoms with Crippen molar-refractivity contribution in [1.29, 1.82) is 0 Å². The molecule has 0 aromatic heterocycles. The van der Waals surface area contributed by atoms with Crippen molar-refractivity contribution in [3.63, 3.8) is 0 Å². The molecule has 0 bridgehead atoms. The Morgan fingerprint density at radius 1 is 1.39 bits per heavy atom. The summed E-state index contributed by atoms with van der Waals surface area (Å²) in [6, 6.07) is 6.79. The molecule has 0 radical (unpaired) electrons. The second kappa shape index (κ2) is 5.57. The summed E-state index contributed by atoms with van der Waals surface area (Å²) in [7, 11) is -3.29. The fourth-order valence-corrected chi connectivity index (χ4v) is 3.87. The van der Waals surface area contributed by atoms with Gasteiger partial charge in [-0.2, -0.15) is 4.31 Å². The van der Waals surface area contributed by atoms with Gasteiger partial charge in [0.05, 0.1) is 19.0 Å². The normalized spacial score (nSPS) is 22.0. The standard InChI is InChI=1S/C12H16ClNO3S/c1-10-8-17-7-6-14(10)18(15,16)9-11-2-4-12(13)5-3-11/h2-5,10H,6-9H2,1H3. The molecule has 4 nitrogen and oxygen atoms in total. The van der Waals surface area contributed by atoms with E-state index in [1.54, 1.807) is 24.3 Å². The number of nitrogens with zero attached hydrogens (tertiary/aromatic N) is 1. The number of ether oxygens (including phenoxy) is 1. The van der Waals surface area contributed by atoms with Gasteiger partial charge < -0.3 is 4.74 Å². The first kappa shape index (κ1) is 13.8. The van der Waals surface area contributed by atoms with Crippen LogP contribution < -0.4 is 0 Å². The molecule has 0 saturated carbocycles. The van der Waals surface area contributed by atoms with Gasteiger partial charge in [-0.1, -0.05) is 23.7 Å². The molecule has 100 valence electrons. The highest BCUT2D eigenvalue weighted by Crippen LogP contribution is 2.18. The quantitative estimate of drug-likeness (QED) is 0.854. The molecule has 0 amide bonds. The van der Waals surface area contributed by atoms with Gasteiger partial charge in [-0.15, -0.1) is 0 Å². The molecule has 1 saturated heterocycles. The number of morpholine rings is 1. The Labute approximate surface area is 113 Å². The van der Waals surface area contributed by atoms with E-state index in [1.165, 1.54) is 4.31 Å². The summed E-state index contributed by atoms with van der Waals surface area (Å²) in [4.78, 5) is 0. The van der Waals surface area contributed by atoms with E-state index >= 15 is 0 Å². The lowest BCUT2D eigenvalue weighted by atomic mass is 10.2. The molecule has 1 aliphatic heterocycles. The van der Waals surface area contributed by atoms with E-state index in [-0.39, 0.29) is 11.8 Å². The van der Waals surface area contributed by atoms with Gasteiger partial charge in [0.1, 0.15) is 0 Å². The van der Waals surface area contributed by atoms with Crippen LogP contribution in [0.4, 0.5) is 0 Å². The molecule has 2 rings (SSSR count). The van der Waals surface area contributed by atoms with Crippen LogP contribution in [0.2, 0.25) is 5.02 Å². The van der Waals surface area contributed by atoms with Crippen molar-refractivity contribution in [3.8, 4) is 0 Å². The second-order valence-corrected chi connectivity index (χ2v) is 6.78. The predicted octanol–water partition coefficient (Wildman–Crippen LogP) is 1.89. The van der Waals surface area contributed by atoms with Crippen LogP contribution in [-0.2, 0) is 20.5 Å². The van der Waals surface area contributed by atoms with Crippen molar-refractivity contribution in [2.45, 2.75) is 18.7 Å². The Morgan fingerprint density at radius 3 is 2.67 bits per heavy atom. The highest BCUT2D eigenvalue weighted by Gasteiger charge is 2.29. The van der Waals surface area contributed by atoms with Gasteiger partial charge in [0.2, 0.25) is 10.0 Å². The minimum Gasteiger partial charge on any atom is -0.378 e. The van der Waals surface area contributed by atoms with Gasteiger partial charge in [0.25, 0.3) is 0 Å². The molecule has 1 aliphatic rings. The van der Waals surface area contributed by atoms with Gasteiger partial charge in [-0.3, -0.25) is 0 Å². The molecule has 18 heavy (non-hydrogen) atoms. The maximum Gasteiger partial charge on any atom is 0.218 e. The Bertz CT molecular complexity index is 501. The van der Waals surface area contributed by atoms with E-state index in [2.05, 4.69) is 0 Å². The summed E-state index contributed by atoms with van der Waals surface area (Å²) in [5, 5.41) is 0.607. The third-order valence-corrected chi connectivity index (χ3v) is 5.13. The molecule has 1 fully saturated rings. The molecule has 1 atom stereocenters. The van der Waals surface area contributed by atoms with E-state index in [4.69, 9.17) is 16.3 Å². The highest BCUT2D eigenvalue weighted by molar-refractivity contribution is 7.88. The summed E-state index contributed by atoms with van der Waals surface area (Å²) >= 11 is 5.78. The van der Waals surface area contributed by atoms with Gasteiger partial charge >= 0.3 is 0 Å². The van der Waals surface area contributed by atoms with Crippen LogP contribution in [-0.4, -0.2) is 38.5 Å². The molecule has 0 spiro atoms. The fourth-order valence-electron chi connectivity index (χ4n) is 2.00. The summed E-state index contributed by atoms with van der Waals surface area (Å²) in [5.41, 5.74) is 0.748. The lowest BCUT2D eigenvalue weighted by Gasteiger charge is -2.32. The number of rotatable bonds is 3. The molecule has 0 N–H and O–H groups in total. The van der Waals surface area contributed by atoms with Crippen molar-refractivity contribution in [2.75, 3.05) is 19.8 Å². The first-order valence-electron chi connectivity index (χ1n) is 5.81. The van der Waals surface area contributed by atoms with Gasteiger partial charge in [-0.25, -0.2) is 8.42 Å². The van der Waals surface area contributed by atoms with E-state index in [0.29, 0.717) is 24.8 Å². The summed E-state index contributed by atoms with van der Waals surface area (Å²) in [5.74, 6) is 0.00844. The lowest BCUT2D eigenvalue weighted by Crippen LogP contribution is -2.47. The van der Waals surface area contributed by atoms with E-state index < -0.39 is 10.0 Å². The molecule has 0 aliphatic carbocycles. The van der Waals surface area contributed by atoms with Crippen LogP contribution in [0.5, 0.6) is 0 Å². The number of halogens is 1.